The smallest absolute Gasteiger partial charge is 0.253 e. The quantitative estimate of drug-likeness (QED) is 0.229. The zero-order chi connectivity index (χ0) is 29.7. The second kappa shape index (κ2) is 16.0. The summed E-state index contributed by atoms with van der Waals surface area (Å²) in [5.41, 5.74) is 3.35. The van der Waals surface area contributed by atoms with E-state index < -0.39 is 0 Å². The minimum atomic E-state index is -0.357. The first-order chi connectivity index (χ1) is 20.4. The Kier molecular flexibility index (Phi) is 11.9. The molecule has 3 aromatic rings. The van der Waals surface area contributed by atoms with Crippen molar-refractivity contribution in [2.75, 3.05) is 44.7 Å². The third-order valence-electron chi connectivity index (χ3n) is 7.29. The van der Waals surface area contributed by atoms with Gasteiger partial charge in [-0.05, 0) is 99.3 Å². The SMILES string of the molecule is CCOc1ccc(CNc2ccc(Cl)cc2C(=O)NCC(=O)NCC2CCN(Cc3ccc(OCC)cc3)CC2)cc1. The summed E-state index contributed by atoms with van der Waals surface area (Å²) >= 11 is 6.19. The lowest BCUT2D eigenvalue weighted by atomic mass is 9.96. The summed E-state index contributed by atoms with van der Waals surface area (Å²) in [5.74, 6) is 1.58. The molecule has 1 fully saturated rings. The van der Waals surface area contributed by atoms with E-state index in [2.05, 4.69) is 33.0 Å². The molecule has 0 atom stereocenters. The first kappa shape index (κ1) is 31.2. The van der Waals surface area contributed by atoms with E-state index >= 15 is 0 Å². The first-order valence-electron chi connectivity index (χ1n) is 14.7. The van der Waals surface area contributed by atoms with Gasteiger partial charge in [0, 0.05) is 30.3 Å². The molecule has 8 nitrogen and oxygen atoms in total. The van der Waals surface area contributed by atoms with Gasteiger partial charge in [-0.1, -0.05) is 35.9 Å². The van der Waals surface area contributed by atoms with E-state index in [1.807, 2.05) is 50.2 Å². The van der Waals surface area contributed by atoms with Gasteiger partial charge in [-0.15, -0.1) is 0 Å². The van der Waals surface area contributed by atoms with Crippen LogP contribution in [-0.2, 0) is 17.9 Å². The van der Waals surface area contributed by atoms with Crippen LogP contribution in [0.25, 0.3) is 0 Å². The molecule has 0 radical (unpaired) electrons. The van der Waals surface area contributed by atoms with Crippen molar-refractivity contribution in [3.8, 4) is 11.5 Å². The van der Waals surface area contributed by atoms with Crippen molar-refractivity contribution in [2.45, 2.75) is 39.8 Å². The molecule has 1 heterocycles. The van der Waals surface area contributed by atoms with Crippen LogP contribution in [0.3, 0.4) is 0 Å². The summed E-state index contributed by atoms with van der Waals surface area (Å²) in [5, 5.41) is 9.48. The van der Waals surface area contributed by atoms with Crippen molar-refractivity contribution in [3.63, 3.8) is 0 Å². The molecule has 42 heavy (non-hydrogen) atoms. The summed E-state index contributed by atoms with van der Waals surface area (Å²) in [7, 11) is 0. The van der Waals surface area contributed by atoms with E-state index in [0.29, 0.717) is 48.5 Å². The molecule has 0 unspecified atom stereocenters. The van der Waals surface area contributed by atoms with Crippen molar-refractivity contribution in [1.82, 2.24) is 15.5 Å². The number of carbonyl (C=O) groups excluding carboxylic acids is 2. The summed E-state index contributed by atoms with van der Waals surface area (Å²) in [6.07, 6.45) is 2.05. The lowest BCUT2D eigenvalue weighted by molar-refractivity contribution is -0.120. The molecule has 0 spiro atoms. The van der Waals surface area contributed by atoms with E-state index in [4.69, 9.17) is 21.1 Å². The number of likely N-dealkylation sites (tertiary alicyclic amines) is 1. The number of ether oxygens (including phenoxy) is 2. The Balaban J connectivity index is 1.18. The average molecular weight is 593 g/mol. The monoisotopic (exact) mass is 592 g/mol. The molecule has 3 N–H and O–H groups in total. The minimum Gasteiger partial charge on any atom is -0.494 e. The topological polar surface area (TPSA) is 91.9 Å². The minimum absolute atomic E-state index is 0.0970. The molecule has 0 aromatic heterocycles. The summed E-state index contributed by atoms with van der Waals surface area (Å²) in [6, 6.07) is 21.2. The Hall–Kier alpha value is -3.75. The van der Waals surface area contributed by atoms with Gasteiger partial charge >= 0.3 is 0 Å². The molecule has 1 aliphatic rings. The molecule has 3 aromatic carbocycles. The van der Waals surface area contributed by atoms with E-state index in [1.54, 1.807) is 18.2 Å². The maximum atomic E-state index is 13.0. The van der Waals surface area contributed by atoms with Gasteiger partial charge in [0.2, 0.25) is 5.91 Å². The van der Waals surface area contributed by atoms with Crippen LogP contribution in [0.15, 0.2) is 66.7 Å². The number of hydrogen-bond acceptors (Lipinski definition) is 6. The lowest BCUT2D eigenvalue weighted by Crippen LogP contribution is -2.41. The zero-order valence-corrected chi connectivity index (χ0v) is 25.2. The molecular formula is C33H41ClN4O4. The van der Waals surface area contributed by atoms with Crippen LogP contribution in [-0.4, -0.2) is 56.1 Å². The third-order valence-corrected chi connectivity index (χ3v) is 7.52. The Morgan fingerprint density at radius 3 is 2.10 bits per heavy atom. The van der Waals surface area contributed by atoms with Crippen molar-refractivity contribution < 1.29 is 19.1 Å². The number of benzene rings is 3. The second-order valence-corrected chi connectivity index (χ2v) is 10.8. The molecule has 0 saturated carbocycles. The number of piperidine rings is 1. The predicted molar refractivity (Wildman–Crippen MR) is 167 cm³/mol. The number of carbonyl (C=O) groups is 2. The van der Waals surface area contributed by atoms with Crippen LogP contribution in [0.2, 0.25) is 5.02 Å². The Morgan fingerprint density at radius 1 is 0.857 bits per heavy atom. The molecule has 0 bridgehead atoms. The molecule has 1 saturated heterocycles. The normalized spacial score (nSPS) is 13.8. The van der Waals surface area contributed by atoms with Crippen molar-refractivity contribution in [2.24, 2.45) is 5.92 Å². The fourth-order valence-electron chi connectivity index (χ4n) is 4.97. The number of amides is 2. The molecule has 0 aliphatic carbocycles. The van der Waals surface area contributed by atoms with Gasteiger partial charge in [0.25, 0.3) is 5.91 Å². The van der Waals surface area contributed by atoms with Crippen LogP contribution in [0.1, 0.15) is 48.2 Å². The Labute approximate surface area is 253 Å². The second-order valence-electron chi connectivity index (χ2n) is 10.4. The van der Waals surface area contributed by atoms with E-state index in [-0.39, 0.29) is 18.4 Å². The summed E-state index contributed by atoms with van der Waals surface area (Å²) in [4.78, 5) is 28.0. The highest BCUT2D eigenvalue weighted by molar-refractivity contribution is 6.31. The molecule has 9 heteroatoms. The number of hydrogen-bond donors (Lipinski definition) is 3. The fourth-order valence-corrected chi connectivity index (χ4v) is 5.14. The van der Waals surface area contributed by atoms with Crippen molar-refractivity contribution in [3.05, 3.63) is 88.4 Å². The summed E-state index contributed by atoms with van der Waals surface area (Å²) < 4.78 is 11.0. The van der Waals surface area contributed by atoms with E-state index in [0.717, 1.165) is 49.5 Å². The fraction of sp³-hybridized carbons (Fsp3) is 0.394. The number of rotatable bonds is 14. The lowest BCUT2D eigenvalue weighted by Gasteiger charge is -2.32. The van der Waals surface area contributed by atoms with Gasteiger partial charge in [0.15, 0.2) is 0 Å². The van der Waals surface area contributed by atoms with Crippen LogP contribution in [0.5, 0.6) is 11.5 Å². The summed E-state index contributed by atoms with van der Waals surface area (Å²) in [6.45, 7) is 9.15. The van der Waals surface area contributed by atoms with Gasteiger partial charge in [0.05, 0.1) is 25.3 Å². The molecule has 2 amide bonds. The number of nitrogens with zero attached hydrogens (tertiary/aromatic N) is 1. The van der Waals surface area contributed by atoms with E-state index in [9.17, 15) is 9.59 Å². The molecular weight excluding hydrogens is 552 g/mol. The highest BCUT2D eigenvalue weighted by atomic mass is 35.5. The van der Waals surface area contributed by atoms with Crippen LogP contribution in [0, 0.1) is 5.92 Å². The van der Waals surface area contributed by atoms with Crippen LogP contribution < -0.4 is 25.4 Å². The maximum Gasteiger partial charge on any atom is 0.253 e. The molecule has 4 rings (SSSR count). The van der Waals surface area contributed by atoms with Crippen LogP contribution in [0.4, 0.5) is 5.69 Å². The zero-order valence-electron chi connectivity index (χ0n) is 24.5. The van der Waals surface area contributed by atoms with Gasteiger partial charge < -0.3 is 25.4 Å². The van der Waals surface area contributed by atoms with Gasteiger partial charge in [0.1, 0.15) is 11.5 Å². The highest BCUT2D eigenvalue weighted by Crippen LogP contribution is 2.23. The number of anilines is 1. The Morgan fingerprint density at radius 2 is 1.48 bits per heavy atom. The molecule has 1 aliphatic heterocycles. The van der Waals surface area contributed by atoms with Gasteiger partial charge in [-0.3, -0.25) is 14.5 Å². The highest BCUT2D eigenvalue weighted by Gasteiger charge is 2.20. The van der Waals surface area contributed by atoms with E-state index in [1.165, 1.54) is 5.56 Å². The number of nitrogens with one attached hydrogen (secondary N) is 3. The van der Waals surface area contributed by atoms with Gasteiger partial charge in [-0.25, -0.2) is 0 Å². The third kappa shape index (κ3) is 9.67. The largest absolute Gasteiger partial charge is 0.494 e. The Bertz CT molecular complexity index is 1290. The maximum absolute atomic E-state index is 13.0. The predicted octanol–water partition coefficient (Wildman–Crippen LogP) is 5.51. The standard InChI is InChI=1S/C33H41ClN4O4/c1-3-41-28-10-5-24(6-11-28)20-35-31-14-9-27(34)19-30(31)33(40)37-22-32(39)36-21-25-15-17-38(18-16-25)23-26-7-12-29(13-8-26)42-4-2/h5-14,19,25,35H,3-4,15-18,20-23H2,1-2H3,(H,36,39)(H,37,40). The first-order valence-corrected chi connectivity index (χ1v) is 15.1. The van der Waals surface area contributed by atoms with Crippen LogP contribution >= 0.6 is 11.6 Å². The molecule has 224 valence electrons. The number of halogens is 1. The van der Waals surface area contributed by atoms with Crippen molar-refractivity contribution >= 4 is 29.1 Å². The van der Waals surface area contributed by atoms with Crippen molar-refractivity contribution in [1.29, 1.82) is 0 Å². The van der Waals surface area contributed by atoms with Gasteiger partial charge in [-0.2, -0.15) is 0 Å². The average Bonchev–Trinajstić information content (AvgIpc) is 3.01.